The fourth-order valence-electron chi connectivity index (χ4n) is 2.81. The Morgan fingerprint density at radius 1 is 1.00 bits per heavy atom. The molecule has 6 nitrogen and oxygen atoms in total. The summed E-state index contributed by atoms with van der Waals surface area (Å²) in [6.07, 6.45) is 1.59. The van der Waals surface area contributed by atoms with Gasteiger partial charge in [0.2, 0.25) is 0 Å². The molecule has 138 valence electrons. The molecule has 0 saturated heterocycles. The first-order valence-electron chi connectivity index (χ1n) is 8.77. The van der Waals surface area contributed by atoms with Crippen molar-refractivity contribution in [2.45, 2.75) is 40.5 Å². The Labute approximate surface area is 153 Å². The van der Waals surface area contributed by atoms with Crippen molar-refractivity contribution in [2.24, 2.45) is 22.1 Å². The standard InChI is InChI=1S/C20H25N3O3/c1-13(2)9-15-11-16(10-14(3)4)20(24)18(12-15)22-21-17-7-5-6-8-19(17)23(25)26/h5-8,11-14,24H,9-10H2,1-4H3. The third-order valence-corrected chi connectivity index (χ3v) is 3.84. The zero-order valence-electron chi connectivity index (χ0n) is 15.6. The third kappa shape index (κ3) is 5.12. The lowest BCUT2D eigenvalue weighted by Gasteiger charge is -2.13. The highest BCUT2D eigenvalue weighted by Gasteiger charge is 2.14. The number of hydrogen-bond donors (Lipinski definition) is 1. The SMILES string of the molecule is CC(C)Cc1cc(CC(C)C)c(O)c(N=Nc2ccccc2[N+](=O)[O-])c1. The first-order chi connectivity index (χ1) is 12.3. The summed E-state index contributed by atoms with van der Waals surface area (Å²) in [6.45, 7) is 8.43. The molecular weight excluding hydrogens is 330 g/mol. The Kier molecular flexibility index (Phi) is 6.44. The molecule has 2 aromatic rings. The van der Waals surface area contributed by atoms with E-state index in [9.17, 15) is 15.2 Å². The number of nitro groups is 1. The van der Waals surface area contributed by atoms with Gasteiger partial charge in [0.25, 0.3) is 5.69 Å². The summed E-state index contributed by atoms with van der Waals surface area (Å²) >= 11 is 0. The number of phenols is 1. The Balaban J connectivity index is 2.46. The Bertz CT molecular complexity index is 814. The molecule has 6 heteroatoms. The summed E-state index contributed by atoms with van der Waals surface area (Å²) in [6, 6.07) is 9.98. The Hall–Kier alpha value is -2.76. The monoisotopic (exact) mass is 355 g/mol. The summed E-state index contributed by atoms with van der Waals surface area (Å²) in [7, 11) is 0. The number of phenolic OH excluding ortho intramolecular Hbond substituents is 1. The van der Waals surface area contributed by atoms with Gasteiger partial charge in [-0.15, -0.1) is 10.2 Å². The Morgan fingerprint density at radius 3 is 2.23 bits per heavy atom. The van der Waals surface area contributed by atoms with E-state index >= 15 is 0 Å². The van der Waals surface area contributed by atoms with Gasteiger partial charge in [0.05, 0.1) is 4.92 Å². The van der Waals surface area contributed by atoms with Crippen LogP contribution in [0.1, 0.15) is 38.8 Å². The lowest BCUT2D eigenvalue weighted by molar-refractivity contribution is -0.384. The van der Waals surface area contributed by atoms with E-state index in [2.05, 4.69) is 37.9 Å². The molecule has 0 aliphatic heterocycles. The molecule has 2 aromatic carbocycles. The van der Waals surface area contributed by atoms with Gasteiger partial charge in [0, 0.05) is 6.07 Å². The number of hydrogen-bond acceptors (Lipinski definition) is 5. The van der Waals surface area contributed by atoms with E-state index in [0.29, 0.717) is 17.5 Å². The van der Waals surface area contributed by atoms with Crippen molar-refractivity contribution in [2.75, 3.05) is 0 Å². The van der Waals surface area contributed by atoms with Crippen molar-refractivity contribution in [1.82, 2.24) is 0 Å². The minimum Gasteiger partial charge on any atom is -0.505 e. The Morgan fingerprint density at radius 2 is 1.62 bits per heavy atom. The van der Waals surface area contributed by atoms with Gasteiger partial charge in [0.15, 0.2) is 5.69 Å². The maximum absolute atomic E-state index is 11.1. The summed E-state index contributed by atoms with van der Waals surface area (Å²) in [5.74, 6) is 0.940. The van der Waals surface area contributed by atoms with Gasteiger partial charge in [-0.3, -0.25) is 10.1 Å². The molecule has 26 heavy (non-hydrogen) atoms. The van der Waals surface area contributed by atoms with Gasteiger partial charge >= 0.3 is 0 Å². The molecule has 0 aliphatic rings. The van der Waals surface area contributed by atoms with E-state index in [4.69, 9.17) is 0 Å². The molecule has 0 heterocycles. The molecular formula is C20H25N3O3. The first kappa shape index (κ1) is 19.6. The van der Waals surface area contributed by atoms with Gasteiger partial charge < -0.3 is 5.11 Å². The lowest BCUT2D eigenvalue weighted by atomic mass is 9.95. The van der Waals surface area contributed by atoms with Crippen LogP contribution in [0.4, 0.5) is 17.1 Å². The zero-order chi connectivity index (χ0) is 19.3. The minimum absolute atomic E-state index is 0.0912. The highest BCUT2D eigenvalue weighted by molar-refractivity contribution is 5.60. The van der Waals surface area contributed by atoms with Crippen LogP contribution in [-0.2, 0) is 12.8 Å². The summed E-state index contributed by atoms with van der Waals surface area (Å²) in [4.78, 5) is 10.6. The van der Waals surface area contributed by atoms with E-state index in [1.54, 1.807) is 18.2 Å². The van der Waals surface area contributed by atoms with Crippen LogP contribution in [0.3, 0.4) is 0 Å². The normalized spacial score (nSPS) is 11.6. The maximum atomic E-state index is 11.1. The smallest absolute Gasteiger partial charge is 0.296 e. The van der Waals surface area contributed by atoms with Crippen molar-refractivity contribution in [3.05, 3.63) is 57.6 Å². The predicted octanol–water partition coefficient (Wildman–Crippen LogP) is 6.11. The van der Waals surface area contributed by atoms with Crippen LogP contribution >= 0.6 is 0 Å². The molecule has 0 atom stereocenters. The maximum Gasteiger partial charge on any atom is 0.296 e. The predicted molar refractivity (Wildman–Crippen MR) is 102 cm³/mol. The van der Waals surface area contributed by atoms with Gasteiger partial charge in [-0.1, -0.05) is 45.9 Å². The van der Waals surface area contributed by atoms with E-state index in [1.807, 2.05) is 6.07 Å². The summed E-state index contributed by atoms with van der Waals surface area (Å²) in [5.41, 5.74) is 2.30. The summed E-state index contributed by atoms with van der Waals surface area (Å²) in [5, 5.41) is 29.8. The van der Waals surface area contributed by atoms with Gasteiger partial charge in [0.1, 0.15) is 11.4 Å². The van der Waals surface area contributed by atoms with E-state index in [0.717, 1.165) is 24.0 Å². The number of rotatable bonds is 7. The zero-order valence-corrected chi connectivity index (χ0v) is 15.6. The van der Waals surface area contributed by atoms with Crippen LogP contribution in [0.2, 0.25) is 0 Å². The number of aromatic hydroxyl groups is 1. The van der Waals surface area contributed by atoms with Crippen molar-refractivity contribution < 1.29 is 10.0 Å². The van der Waals surface area contributed by atoms with Crippen molar-refractivity contribution in [3.8, 4) is 5.75 Å². The molecule has 0 fully saturated rings. The topological polar surface area (TPSA) is 88.1 Å². The molecule has 0 unspecified atom stereocenters. The van der Waals surface area contributed by atoms with Crippen LogP contribution in [0.5, 0.6) is 5.75 Å². The van der Waals surface area contributed by atoms with E-state index in [-0.39, 0.29) is 17.1 Å². The second-order valence-electron chi connectivity index (χ2n) is 7.26. The van der Waals surface area contributed by atoms with Crippen LogP contribution in [-0.4, -0.2) is 10.0 Å². The van der Waals surface area contributed by atoms with Crippen molar-refractivity contribution >= 4 is 17.1 Å². The molecule has 0 bridgehead atoms. The van der Waals surface area contributed by atoms with Gasteiger partial charge in [-0.05, 0) is 47.9 Å². The lowest BCUT2D eigenvalue weighted by Crippen LogP contribution is -1.99. The molecule has 1 N–H and O–H groups in total. The summed E-state index contributed by atoms with van der Waals surface area (Å²) < 4.78 is 0. The van der Waals surface area contributed by atoms with Crippen LogP contribution in [0.15, 0.2) is 46.6 Å². The quantitative estimate of drug-likeness (QED) is 0.369. The highest BCUT2D eigenvalue weighted by Crippen LogP contribution is 2.36. The van der Waals surface area contributed by atoms with E-state index < -0.39 is 4.92 Å². The average molecular weight is 355 g/mol. The highest BCUT2D eigenvalue weighted by atomic mass is 16.6. The molecule has 0 amide bonds. The number of azo groups is 1. The molecule has 0 aromatic heterocycles. The number of benzene rings is 2. The first-order valence-corrected chi connectivity index (χ1v) is 8.77. The molecule has 0 radical (unpaired) electrons. The number of para-hydroxylation sites is 1. The molecule has 2 rings (SSSR count). The van der Waals surface area contributed by atoms with Crippen LogP contribution in [0.25, 0.3) is 0 Å². The second-order valence-corrected chi connectivity index (χ2v) is 7.26. The number of nitrogens with zero attached hydrogens (tertiary/aromatic N) is 3. The second kappa shape index (κ2) is 8.56. The van der Waals surface area contributed by atoms with Crippen LogP contribution in [0, 0.1) is 22.0 Å². The van der Waals surface area contributed by atoms with E-state index in [1.165, 1.54) is 12.1 Å². The fourth-order valence-corrected chi connectivity index (χ4v) is 2.81. The largest absolute Gasteiger partial charge is 0.505 e. The van der Waals surface area contributed by atoms with Gasteiger partial charge in [-0.25, -0.2) is 0 Å². The molecule has 0 aliphatic carbocycles. The fraction of sp³-hybridized carbons (Fsp3) is 0.400. The van der Waals surface area contributed by atoms with Crippen molar-refractivity contribution in [3.63, 3.8) is 0 Å². The van der Waals surface area contributed by atoms with Gasteiger partial charge in [-0.2, -0.15) is 0 Å². The molecule has 0 spiro atoms. The number of nitro benzene ring substituents is 1. The third-order valence-electron chi connectivity index (χ3n) is 3.84. The van der Waals surface area contributed by atoms with Crippen molar-refractivity contribution in [1.29, 1.82) is 0 Å². The molecule has 0 saturated carbocycles. The van der Waals surface area contributed by atoms with Crippen LogP contribution < -0.4 is 0 Å². The average Bonchev–Trinajstić information content (AvgIpc) is 2.55. The minimum atomic E-state index is -0.492.